The summed E-state index contributed by atoms with van der Waals surface area (Å²) in [5.41, 5.74) is 0. The monoisotopic (exact) mass is 335 g/mol. The largest absolute Gasteiger partial charge is 0.243 e. The maximum absolute atomic E-state index is 12.9. The zero-order valence-corrected chi connectivity index (χ0v) is 13.3. The quantitative estimate of drug-likeness (QED) is 0.816. The zero-order chi connectivity index (χ0) is 15.7. The molecular formula is C13H18FNO4S2. The van der Waals surface area contributed by atoms with Crippen molar-refractivity contribution in [3.05, 3.63) is 30.1 Å². The Hall–Kier alpha value is -0.990. The molecule has 1 atom stereocenters. The van der Waals surface area contributed by atoms with E-state index in [1.54, 1.807) is 0 Å². The van der Waals surface area contributed by atoms with Gasteiger partial charge in [0, 0.05) is 12.6 Å². The van der Waals surface area contributed by atoms with Crippen molar-refractivity contribution in [1.82, 2.24) is 4.31 Å². The lowest BCUT2D eigenvalue weighted by Gasteiger charge is -2.27. The van der Waals surface area contributed by atoms with Crippen molar-refractivity contribution in [2.75, 3.05) is 18.1 Å². The van der Waals surface area contributed by atoms with E-state index in [1.165, 1.54) is 16.4 Å². The van der Waals surface area contributed by atoms with Crippen molar-refractivity contribution < 1.29 is 21.2 Å². The molecule has 1 aliphatic rings. The number of benzene rings is 1. The van der Waals surface area contributed by atoms with Crippen molar-refractivity contribution in [1.29, 1.82) is 0 Å². The summed E-state index contributed by atoms with van der Waals surface area (Å²) in [6.45, 7) is 2.08. The summed E-state index contributed by atoms with van der Waals surface area (Å²) in [7, 11) is -6.99. The maximum atomic E-state index is 12.9. The molecule has 1 aromatic carbocycles. The van der Waals surface area contributed by atoms with Gasteiger partial charge in [0.1, 0.15) is 5.82 Å². The first kappa shape index (κ1) is 16.4. The molecule has 0 unspecified atom stereocenters. The minimum absolute atomic E-state index is 0.0107. The Morgan fingerprint density at radius 1 is 1.29 bits per heavy atom. The smallest absolute Gasteiger partial charge is 0.229 e. The highest BCUT2D eigenvalue weighted by Gasteiger charge is 2.38. The summed E-state index contributed by atoms with van der Waals surface area (Å²) < 4.78 is 62.6. The van der Waals surface area contributed by atoms with E-state index in [1.807, 2.05) is 6.92 Å². The molecule has 118 valence electrons. The number of rotatable bonds is 5. The van der Waals surface area contributed by atoms with Gasteiger partial charge in [-0.25, -0.2) is 21.2 Å². The fourth-order valence-corrected chi connectivity index (χ4v) is 6.04. The lowest BCUT2D eigenvalue weighted by atomic mass is 10.2. The molecule has 0 radical (unpaired) electrons. The van der Waals surface area contributed by atoms with Crippen LogP contribution in [0.3, 0.4) is 0 Å². The van der Waals surface area contributed by atoms with Crippen LogP contribution in [0.2, 0.25) is 0 Å². The van der Waals surface area contributed by atoms with Gasteiger partial charge in [-0.2, -0.15) is 4.31 Å². The topological polar surface area (TPSA) is 71.5 Å². The minimum Gasteiger partial charge on any atom is -0.229 e. The first-order valence-electron chi connectivity index (χ1n) is 6.74. The normalized spacial score (nSPS) is 21.8. The molecule has 0 aromatic heterocycles. The number of nitrogens with zero attached hydrogens (tertiary/aromatic N) is 1. The van der Waals surface area contributed by atoms with Crippen LogP contribution >= 0.6 is 0 Å². The molecule has 1 saturated heterocycles. The van der Waals surface area contributed by atoms with Gasteiger partial charge in [-0.05, 0) is 37.1 Å². The Labute approximate surface area is 124 Å². The SMILES string of the molecule is CCCN([C@H]1CCS(=O)(=O)C1)S(=O)(=O)c1ccc(F)cc1. The molecule has 5 nitrogen and oxygen atoms in total. The molecule has 1 aliphatic heterocycles. The van der Waals surface area contributed by atoms with Gasteiger partial charge in [-0.3, -0.25) is 0 Å². The average Bonchev–Trinajstić information content (AvgIpc) is 2.76. The predicted molar refractivity (Wildman–Crippen MR) is 77.6 cm³/mol. The summed E-state index contributed by atoms with van der Waals surface area (Å²) in [6.07, 6.45) is 0.889. The van der Waals surface area contributed by atoms with E-state index in [2.05, 4.69) is 0 Å². The molecule has 1 heterocycles. The van der Waals surface area contributed by atoms with Crippen LogP contribution in [0, 0.1) is 5.82 Å². The molecule has 0 bridgehead atoms. The highest BCUT2D eigenvalue weighted by atomic mass is 32.2. The molecule has 0 saturated carbocycles. The van der Waals surface area contributed by atoms with Gasteiger partial charge in [-0.15, -0.1) is 0 Å². The first-order valence-corrected chi connectivity index (χ1v) is 10.0. The van der Waals surface area contributed by atoms with Gasteiger partial charge in [0.15, 0.2) is 9.84 Å². The van der Waals surface area contributed by atoms with Crippen LogP contribution in [0.25, 0.3) is 0 Å². The second-order valence-electron chi connectivity index (χ2n) is 5.13. The van der Waals surface area contributed by atoms with E-state index < -0.39 is 31.7 Å². The third kappa shape index (κ3) is 3.61. The molecule has 0 N–H and O–H groups in total. The molecule has 1 fully saturated rings. The van der Waals surface area contributed by atoms with E-state index in [0.717, 1.165) is 12.1 Å². The van der Waals surface area contributed by atoms with E-state index in [9.17, 15) is 21.2 Å². The van der Waals surface area contributed by atoms with Gasteiger partial charge in [0.25, 0.3) is 0 Å². The third-order valence-electron chi connectivity index (χ3n) is 3.48. The minimum atomic E-state index is -3.81. The van der Waals surface area contributed by atoms with Gasteiger partial charge in [0.2, 0.25) is 10.0 Å². The van der Waals surface area contributed by atoms with Crippen LogP contribution in [-0.4, -0.2) is 45.2 Å². The molecule has 0 aliphatic carbocycles. The molecule has 0 amide bonds. The zero-order valence-electron chi connectivity index (χ0n) is 11.7. The third-order valence-corrected chi connectivity index (χ3v) is 7.20. The molecule has 2 rings (SSSR count). The number of hydrogen-bond donors (Lipinski definition) is 0. The van der Waals surface area contributed by atoms with Crippen LogP contribution < -0.4 is 0 Å². The number of sulfone groups is 1. The fraction of sp³-hybridized carbons (Fsp3) is 0.538. The van der Waals surface area contributed by atoms with E-state index in [-0.39, 0.29) is 22.9 Å². The highest BCUT2D eigenvalue weighted by molar-refractivity contribution is 7.92. The lowest BCUT2D eigenvalue weighted by Crippen LogP contribution is -2.41. The van der Waals surface area contributed by atoms with Gasteiger partial charge >= 0.3 is 0 Å². The van der Waals surface area contributed by atoms with Gasteiger partial charge in [-0.1, -0.05) is 6.92 Å². The molecule has 21 heavy (non-hydrogen) atoms. The Morgan fingerprint density at radius 2 is 1.90 bits per heavy atom. The second-order valence-corrected chi connectivity index (χ2v) is 9.25. The number of hydrogen-bond acceptors (Lipinski definition) is 4. The van der Waals surface area contributed by atoms with Crippen LogP contribution in [0.1, 0.15) is 19.8 Å². The summed E-state index contributed by atoms with van der Waals surface area (Å²) in [4.78, 5) is -0.0124. The molecule has 1 aromatic rings. The van der Waals surface area contributed by atoms with E-state index in [4.69, 9.17) is 0 Å². The predicted octanol–water partition coefficient (Wildman–Crippen LogP) is 1.41. The number of sulfonamides is 1. The average molecular weight is 335 g/mol. The summed E-state index contributed by atoms with van der Waals surface area (Å²) in [5, 5.41) is 0. The van der Waals surface area contributed by atoms with Crippen LogP contribution in [-0.2, 0) is 19.9 Å². The van der Waals surface area contributed by atoms with Crippen molar-refractivity contribution in [2.24, 2.45) is 0 Å². The van der Waals surface area contributed by atoms with Crippen molar-refractivity contribution in [3.63, 3.8) is 0 Å². The Balaban J connectivity index is 2.35. The van der Waals surface area contributed by atoms with Crippen molar-refractivity contribution >= 4 is 19.9 Å². The number of halogens is 1. The fourth-order valence-electron chi connectivity index (χ4n) is 2.46. The van der Waals surface area contributed by atoms with Gasteiger partial charge < -0.3 is 0 Å². The van der Waals surface area contributed by atoms with Crippen LogP contribution in [0.4, 0.5) is 4.39 Å². The Morgan fingerprint density at radius 3 is 2.38 bits per heavy atom. The lowest BCUT2D eigenvalue weighted by molar-refractivity contribution is 0.340. The van der Waals surface area contributed by atoms with Crippen molar-refractivity contribution in [3.8, 4) is 0 Å². The summed E-state index contributed by atoms with van der Waals surface area (Å²) in [6, 6.07) is 4.04. The highest BCUT2D eigenvalue weighted by Crippen LogP contribution is 2.25. The van der Waals surface area contributed by atoms with Crippen LogP contribution in [0.15, 0.2) is 29.2 Å². The summed E-state index contributed by atoms with van der Waals surface area (Å²) >= 11 is 0. The standard InChI is InChI=1S/C13H18FNO4S2/c1-2-8-15(12-7-9-20(16,17)10-12)21(18,19)13-5-3-11(14)4-6-13/h3-6,12H,2,7-10H2,1H3/t12-/m0/s1. The molecular weight excluding hydrogens is 317 g/mol. The van der Waals surface area contributed by atoms with E-state index in [0.29, 0.717) is 12.8 Å². The second kappa shape index (κ2) is 6.02. The Kier molecular flexibility index (Phi) is 4.69. The maximum Gasteiger partial charge on any atom is 0.243 e. The summed E-state index contributed by atoms with van der Waals surface area (Å²) in [5.74, 6) is -0.649. The molecule has 8 heteroatoms. The van der Waals surface area contributed by atoms with Crippen molar-refractivity contribution in [2.45, 2.75) is 30.7 Å². The molecule has 0 spiro atoms. The van der Waals surface area contributed by atoms with E-state index >= 15 is 0 Å². The van der Waals surface area contributed by atoms with Crippen LogP contribution in [0.5, 0.6) is 0 Å². The first-order chi connectivity index (χ1) is 9.76. The Bertz CT molecular complexity index is 698. The van der Waals surface area contributed by atoms with Gasteiger partial charge in [0.05, 0.1) is 16.4 Å².